The third kappa shape index (κ3) is 3.60. The molecule has 25 heavy (non-hydrogen) atoms. The van der Waals surface area contributed by atoms with Gasteiger partial charge in [-0.05, 0) is 48.6 Å². The molecule has 3 aromatic rings. The van der Waals surface area contributed by atoms with E-state index in [4.69, 9.17) is 4.74 Å². The van der Waals surface area contributed by atoms with Crippen molar-refractivity contribution in [3.63, 3.8) is 0 Å². The number of pyridine rings is 1. The SMILES string of the molecule is COC(=O)c1cc(Cc2ccc(-c3cn(C)nc3C)cc2)c(C)cn1. The first-order valence-electron chi connectivity index (χ1n) is 8.11. The van der Waals surface area contributed by atoms with E-state index in [9.17, 15) is 4.79 Å². The Morgan fingerprint density at radius 3 is 2.52 bits per heavy atom. The average molecular weight is 335 g/mol. The van der Waals surface area contributed by atoms with E-state index in [1.54, 1.807) is 12.3 Å². The number of methoxy groups -OCH3 is 1. The first-order chi connectivity index (χ1) is 12.0. The van der Waals surface area contributed by atoms with Crippen LogP contribution in [0, 0.1) is 13.8 Å². The van der Waals surface area contributed by atoms with E-state index in [0.29, 0.717) is 5.69 Å². The van der Waals surface area contributed by atoms with Crippen LogP contribution in [0.5, 0.6) is 0 Å². The van der Waals surface area contributed by atoms with Crippen molar-refractivity contribution in [1.82, 2.24) is 14.8 Å². The molecule has 0 saturated carbocycles. The molecule has 0 bridgehead atoms. The number of ether oxygens (including phenoxy) is 1. The Balaban J connectivity index is 1.84. The van der Waals surface area contributed by atoms with Crippen LogP contribution < -0.4 is 0 Å². The topological polar surface area (TPSA) is 57.0 Å². The van der Waals surface area contributed by atoms with Crippen molar-refractivity contribution in [2.45, 2.75) is 20.3 Å². The van der Waals surface area contributed by atoms with Crippen LogP contribution in [0.25, 0.3) is 11.1 Å². The molecule has 0 atom stereocenters. The largest absolute Gasteiger partial charge is 0.464 e. The van der Waals surface area contributed by atoms with E-state index >= 15 is 0 Å². The molecule has 1 aromatic carbocycles. The van der Waals surface area contributed by atoms with Gasteiger partial charge in [-0.3, -0.25) is 4.68 Å². The molecular weight excluding hydrogens is 314 g/mol. The number of carbonyl (C=O) groups is 1. The van der Waals surface area contributed by atoms with Gasteiger partial charge >= 0.3 is 5.97 Å². The molecule has 0 fully saturated rings. The normalized spacial score (nSPS) is 10.7. The molecule has 0 saturated heterocycles. The number of hydrogen-bond acceptors (Lipinski definition) is 4. The number of carbonyl (C=O) groups excluding carboxylic acids is 1. The molecule has 3 rings (SSSR count). The van der Waals surface area contributed by atoms with Gasteiger partial charge in [-0.2, -0.15) is 5.10 Å². The highest BCUT2D eigenvalue weighted by Gasteiger charge is 2.11. The van der Waals surface area contributed by atoms with Gasteiger partial charge in [0.1, 0.15) is 5.69 Å². The van der Waals surface area contributed by atoms with Crippen molar-refractivity contribution in [3.8, 4) is 11.1 Å². The highest BCUT2D eigenvalue weighted by atomic mass is 16.5. The van der Waals surface area contributed by atoms with Gasteiger partial charge in [0, 0.05) is 25.0 Å². The fraction of sp³-hybridized carbons (Fsp3) is 0.250. The number of esters is 1. The van der Waals surface area contributed by atoms with Gasteiger partial charge in [0.2, 0.25) is 0 Å². The Labute approximate surface area is 147 Å². The summed E-state index contributed by atoms with van der Waals surface area (Å²) >= 11 is 0. The zero-order valence-corrected chi connectivity index (χ0v) is 14.9. The number of nitrogens with zero attached hydrogens (tertiary/aromatic N) is 3. The van der Waals surface area contributed by atoms with Crippen LogP contribution in [0.15, 0.2) is 42.7 Å². The van der Waals surface area contributed by atoms with Crippen LogP contribution in [0.3, 0.4) is 0 Å². The minimum absolute atomic E-state index is 0.339. The summed E-state index contributed by atoms with van der Waals surface area (Å²) in [5, 5.41) is 4.39. The molecule has 128 valence electrons. The summed E-state index contributed by atoms with van der Waals surface area (Å²) in [6, 6.07) is 10.2. The third-order valence-corrected chi connectivity index (χ3v) is 4.28. The lowest BCUT2D eigenvalue weighted by Crippen LogP contribution is -2.06. The highest BCUT2D eigenvalue weighted by molar-refractivity contribution is 5.87. The Morgan fingerprint density at radius 1 is 1.20 bits per heavy atom. The molecule has 0 aliphatic carbocycles. The summed E-state index contributed by atoms with van der Waals surface area (Å²) in [6.45, 7) is 4.01. The average Bonchev–Trinajstić information content (AvgIpc) is 2.95. The van der Waals surface area contributed by atoms with E-state index in [1.165, 1.54) is 12.7 Å². The predicted molar refractivity (Wildman–Crippen MR) is 96.5 cm³/mol. The molecule has 0 aliphatic heterocycles. The number of aromatic nitrogens is 3. The third-order valence-electron chi connectivity index (χ3n) is 4.28. The Morgan fingerprint density at radius 2 is 1.92 bits per heavy atom. The zero-order chi connectivity index (χ0) is 18.0. The second kappa shape index (κ2) is 6.89. The fourth-order valence-corrected chi connectivity index (χ4v) is 2.88. The van der Waals surface area contributed by atoms with Crippen LogP contribution >= 0.6 is 0 Å². The molecule has 2 aromatic heterocycles. The van der Waals surface area contributed by atoms with Gasteiger partial charge in [-0.1, -0.05) is 24.3 Å². The maximum Gasteiger partial charge on any atom is 0.356 e. The van der Waals surface area contributed by atoms with Crippen molar-refractivity contribution in [3.05, 3.63) is 70.8 Å². The second-order valence-corrected chi connectivity index (χ2v) is 6.16. The number of hydrogen-bond donors (Lipinski definition) is 0. The quantitative estimate of drug-likeness (QED) is 0.685. The lowest BCUT2D eigenvalue weighted by atomic mass is 9.99. The van der Waals surface area contributed by atoms with Crippen molar-refractivity contribution in [1.29, 1.82) is 0 Å². The summed E-state index contributed by atoms with van der Waals surface area (Å²) in [5.74, 6) is -0.413. The first kappa shape index (κ1) is 16.9. The smallest absolute Gasteiger partial charge is 0.356 e. The maximum absolute atomic E-state index is 11.7. The molecular formula is C20H21N3O2. The number of benzene rings is 1. The van der Waals surface area contributed by atoms with Crippen LogP contribution in [-0.2, 0) is 18.2 Å². The molecule has 2 heterocycles. The van der Waals surface area contributed by atoms with Gasteiger partial charge < -0.3 is 4.74 Å². The second-order valence-electron chi connectivity index (χ2n) is 6.16. The van der Waals surface area contributed by atoms with Crippen LogP contribution in [-0.4, -0.2) is 27.8 Å². The fourth-order valence-electron chi connectivity index (χ4n) is 2.88. The maximum atomic E-state index is 11.7. The molecule has 0 spiro atoms. The van der Waals surface area contributed by atoms with Crippen molar-refractivity contribution in [2.75, 3.05) is 7.11 Å². The van der Waals surface area contributed by atoms with Gasteiger partial charge in [-0.15, -0.1) is 0 Å². The zero-order valence-electron chi connectivity index (χ0n) is 14.9. The molecule has 0 unspecified atom stereocenters. The highest BCUT2D eigenvalue weighted by Crippen LogP contribution is 2.24. The number of aryl methyl sites for hydroxylation is 3. The first-order valence-corrected chi connectivity index (χ1v) is 8.11. The van der Waals surface area contributed by atoms with Gasteiger partial charge in [0.25, 0.3) is 0 Å². The predicted octanol–water partition coefficient (Wildman–Crippen LogP) is 3.48. The van der Waals surface area contributed by atoms with Crippen LogP contribution in [0.1, 0.15) is 32.9 Å². The minimum Gasteiger partial charge on any atom is -0.464 e. The van der Waals surface area contributed by atoms with E-state index < -0.39 is 5.97 Å². The molecule has 0 N–H and O–H groups in total. The summed E-state index contributed by atoms with van der Waals surface area (Å²) < 4.78 is 6.58. The molecule has 0 amide bonds. The van der Waals surface area contributed by atoms with Gasteiger partial charge in [0.05, 0.1) is 12.8 Å². The summed E-state index contributed by atoms with van der Waals surface area (Å²) in [7, 11) is 3.29. The molecule has 5 heteroatoms. The lowest BCUT2D eigenvalue weighted by Gasteiger charge is -2.08. The number of rotatable bonds is 4. The van der Waals surface area contributed by atoms with Crippen LogP contribution in [0.2, 0.25) is 0 Å². The summed E-state index contributed by atoms with van der Waals surface area (Å²) in [6.07, 6.45) is 4.49. The van der Waals surface area contributed by atoms with E-state index in [0.717, 1.165) is 34.4 Å². The van der Waals surface area contributed by atoms with Gasteiger partial charge in [-0.25, -0.2) is 9.78 Å². The minimum atomic E-state index is -0.413. The summed E-state index contributed by atoms with van der Waals surface area (Å²) in [5.41, 5.74) is 6.95. The molecule has 0 radical (unpaired) electrons. The van der Waals surface area contributed by atoms with E-state index in [-0.39, 0.29) is 0 Å². The van der Waals surface area contributed by atoms with Crippen molar-refractivity contribution < 1.29 is 9.53 Å². The standard InChI is InChI=1S/C20H21N3O2/c1-13-11-21-19(20(24)25-4)10-17(13)9-15-5-7-16(8-6-15)18-12-23(3)22-14(18)2/h5-8,10-12H,9H2,1-4H3. The molecule has 5 nitrogen and oxygen atoms in total. The summed E-state index contributed by atoms with van der Waals surface area (Å²) in [4.78, 5) is 15.8. The lowest BCUT2D eigenvalue weighted by molar-refractivity contribution is 0.0594. The molecule has 0 aliphatic rings. The van der Waals surface area contributed by atoms with Crippen molar-refractivity contribution in [2.24, 2.45) is 7.05 Å². The van der Waals surface area contributed by atoms with Crippen LogP contribution in [0.4, 0.5) is 0 Å². The van der Waals surface area contributed by atoms with Crippen molar-refractivity contribution >= 4 is 5.97 Å². The Bertz CT molecular complexity index is 911. The Kier molecular flexibility index (Phi) is 4.65. The van der Waals surface area contributed by atoms with E-state index in [2.05, 4.69) is 34.3 Å². The van der Waals surface area contributed by atoms with E-state index in [1.807, 2.05) is 31.8 Å². The Hall–Kier alpha value is -2.95. The monoisotopic (exact) mass is 335 g/mol. The van der Waals surface area contributed by atoms with Gasteiger partial charge in [0.15, 0.2) is 0 Å².